The van der Waals surface area contributed by atoms with Gasteiger partial charge in [-0.3, -0.25) is 19.7 Å². The summed E-state index contributed by atoms with van der Waals surface area (Å²) in [5.74, 6) is -1.20. The van der Waals surface area contributed by atoms with E-state index in [1.807, 2.05) is 54.9 Å². The lowest BCUT2D eigenvalue weighted by Crippen LogP contribution is -2.30. The van der Waals surface area contributed by atoms with Gasteiger partial charge in [0.15, 0.2) is 5.13 Å². The van der Waals surface area contributed by atoms with Gasteiger partial charge in [0.1, 0.15) is 0 Å². The highest BCUT2D eigenvalue weighted by molar-refractivity contribution is 7.16. The Bertz CT molecular complexity index is 1390. The van der Waals surface area contributed by atoms with E-state index in [0.29, 0.717) is 21.9 Å². The van der Waals surface area contributed by atoms with Gasteiger partial charge in [0.05, 0.1) is 27.4 Å². The standard InChI is InChI=1S/C24H17N3O3S2/c1-13-5-6-14(2)19(10-13)27-22(29)16-8-7-15(11-17(16)23(27)30)21(28)26-24-25-18(12-32-24)20-4-3-9-31-20/h3-12H,1-2H3,(H,25,26,28). The van der Waals surface area contributed by atoms with Crippen molar-refractivity contribution in [3.63, 3.8) is 0 Å². The summed E-state index contributed by atoms with van der Waals surface area (Å²) in [6.07, 6.45) is 0. The zero-order valence-corrected chi connectivity index (χ0v) is 18.8. The van der Waals surface area contributed by atoms with Crippen LogP contribution in [-0.4, -0.2) is 22.7 Å². The molecule has 0 radical (unpaired) electrons. The van der Waals surface area contributed by atoms with Crippen LogP contribution in [-0.2, 0) is 0 Å². The van der Waals surface area contributed by atoms with Gasteiger partial charge in [0, 0.05) is 10.9 Å². The highest BCUT2D eigenvalue weighted by atomic mass is 32.1. The number of hydrogen-bond acceptors (Lipinski definition) is 6. The molecule has 1 aliphatic rings. The number of nitrogens with one attached hydrogen (secondary N) is 1. The molecule has 32 heavy (non-hydrogen) atoms. The Labute approximate surface area is 192 Å². The maximum absolute atomic E-state index is 13.1. The number of fused-ring (bicyclic) bond motifs is 1. The van der Waals surface area contributed by atoms with Crippen LogP contribution in [0, 0.1) is 13.8 Å². The van der Waals surface area contributed by atoms with Gasteiger partial charge >= 0.3 is 0 Å². The number of amides is 3. The highest BCUT2D eigenvalue weighted by Crippen LogP contribution is 2.32. The van der Waals surface area contributed by atoms with Crippen molar-refractivity contribution < 1.29 is 14.4 Å². The number of carbonyl (C=O) groups excluding carboxylic acids is 3. The van der Waals surface area contributed by atoms with E-state index in [2.05, 4.69) is 10.3 Å². The lowest BCUT2D eigenvalue weighted by atomic mass is 10.1. The Morgan fingerprint density at radius 3 is 2.56 bits per heavy atom. The maximum atomic E-state index is 13.1. The van der Waals surface area contributed by atoms with E-state index < -0.39 is 5.91 Å². The van der Waals surface area contributed by atoms with Crippen LogP contribution in [0.5, 0.6) is 0 Å². The third kappa shape index (κ3) is 3.43. The molecule has 0 aliphatic carbocycles. The number of imide groups is 1. The van der Waals surface area contributed by atoms with Gasteiger partial charge in [-0.05, 0) is 60.7 Å². The van der Waals surface area contributed by atoms with Gasteiger partial charge in [-0.1, -0.05) is 18.2 Å². The molecule has 8 heteroatoms. The summed E-state index contributed by atoms with van der Waals surface area (Å²) in [4.78, 5) is 45.5. The second kappa shape index (κ2) is 7.81. The largest absolute Gasteiger partial charge is 0.298 e. The normalized spacial score (nSPS) is 12.9. The molecule has 0 spiro atoms. The minimum Gasteiger partial charge on any atom is -0.298 e. The maximum Gasteiger partial charge on any atom is 0.266 e. The van der Waals surface area contributed by atoms with Crippen LogP contribution in [0.25, 0.3) is 10.6 Å². The van der Waals surface area contributed by atoms with Crippen LogP contribution in [0.3, 0.4) is 0 Å². The monoisotopic (exact) mass is 459 g/mol. The number of carbonyl (C=O) groups is 3. The molecule has 2 aromatic heterocycles. The molecule has 0 fully saturated rings. The Hall–Kier alpha value is -3.62. The van der Waals surface area contributed by atoms with Crippen molar-refractivity contribution in [2.75, 3.05) is 10.2 Å². The van der Waals surface area contributed by atoms with Crippen LogP contribution in [0.2, 0.25) is 0 Å². The predicted octanol–water partition coefficient (Wildman–Crippen LogP) is 5.54. The fourth-order valence-electron chi connectivity index (χ4n) is 3.60. The number of anilines is 2. The molecule has 3 amide bonds. The Morgan fingerprint density at radius 1 is 0.969 bits per heavy atom. The predicted molar refractivity (Wildman–Crippen MR) is 127 cm³/mol. The zero-order chi connectivity index (χ0) is 22.4. The van der Waals surface area contributed by atoms with E-state index in [1.54, 1.807) is 17.4 Å². The molecule has 0 atom stereocenters. The topological polar surface area (TPSA) is 79.4 Å². The van der Waals surface area contributed by atoms with Crippen LogP contribution in [0.4, 0.5) is 10.8 Å². The number of benzene rings is 2. The molecule has 0 unspecified atom stereocenters. The number of aromatic nitrogens is 1. The Balaban J connectivity index is 1.41. The van der Waals surface area contributed by atoms with E-state index in [1.165, 1.54) is 28.4 Å². The average molecular weight is 460 g/mol. The van der Waals surface area contributed by atoms with Gasteiger partial charge in [-0.25, -0.2) is 9.88 Å². The summed E-state index contributed by atoms with van der Waals surface area (Å²) in [5, 5.41) is 7.10. The molecule has 0 saturated carbocycles. The molecule has 1 N–H and O–H groups in total. The molecule has 158 valence electrons. The summed E-state index contributed by atoms with van der Waals surface area (Å²) in [6.45, 7) is 3.77. The van der Waals surface area contributed by atoms with E-state index in [0.717, 1.165) is 21.7 Å². The van der Waals surface area contributed by atoms with Crippen LogP contribution in [0.15, 0.2) is 59.3 Å². The third-order valence-electron chi connectivity index (χ3n) is 5.25. The van der Waals surface area contributed by atoms with Crippen molar-refractivity contribution in [2.45, 2.75) is 13.8 Å². The third-order valence-corrected chi connectivity index (χ3v) is 6.90. The summed E-state index contributed by atoms with van der Waals surface area (Å²) >= 11 is 2.91. The highest BCUT2D eigenvalue weighted by Gasteiger charge is 2.37. The number of thiophene rings is 1. The van der Waals surface area contributed by atoms with Crippen molar-refractivity contribution in [1.82, 2.24) is 4.98 Å². The fraction of sp³-hybridized carbons (Fsp3) is 0.0833. The van der Waals surface area contributed by atoms with Gasteiger partial charge in [-0.15, -0.1) is 22.7 Å². The van der Waals surface area contributed by atoms with Gasteiger partial charge in [-0.2, -0.15) is 0 Å². The molecular weight excluding hydrogens is 442 g/mol. The van der Waals surface area contributed by atoms with Crippen molar-refractivity contribution in [2.24, 2.45) is 0 Å². The second-order valence-corrected chi connectivity index (χ2v) is 9.27. The first-order valence-electron chi connectivity index (χ1n) is 9.83. The van der Waals surface area contributed by atoms with Gasteiger partial charge < -0.3 is 0 Å². The average Bonchev–Trinajstić information content (AvgIpc) is 3.51. The first-order valence-corrected chi connectivity index (χ1v) is 11.6. The summed E-state index contributed by atoms with van der Waals surface area (Å²) < 4.78 is 0. The SMILES string of the molecule is Cc1ccc(C)c(N2C(=O)c3ccc(C(=O)Nc4nc(-c5cccs5)cs4)cc3C2=O)c1. The minimum atomic E-state index is -0.428. The number of thiazole rings is 1. The van der Waals surface area contributed by atoms with Crippen molar-refractivity contribution in [1.29, 1.82) is 0 Å². The van der Waals surface area contributed by atoms with Gasteiger partial charge in [0.2, 0.25) is 0 Å². The number of rotatable bonds is 4. The van der Waals surface area contributed by atoms with E-state index in [9.17, 15) is 14.4 Å². The molecule has 0 saturated heterocycles. The second-order valence-electron chi connectivity index (χ2n) is 7.47. The zero-order valence-electron chi connectivity index (χ0n) is 17.2. The lowest BCUT2D eigenvalue weighted by molar-refractivity contribution is 0.0925. The fourth-order valence-corrected chi connectivity index (χ4v) is 5.07. The van der Waals surface area contributed by atoms with Crippen molar-refractivity contribution in [3.05, 3.63) is 87.1 Å². The molecule has 3 heterocycles. The molecular formula is C24H17N3O3S2. The van der Waals surface area contributed by atoms with E-state index in [-0.39, 0.29) is 17.4 Å². The number of nitrogens with zero attached hydrogens (tertiary/aromatic N) is 2. The Kier molecular flexibility index (Phi) is 4.96. The summed E-state index contributed by atoms with van der Waals surface area (Å²) in [7, 11) is 0. The minimum absolute atomic E-state index is 0.224. The van der Waals surface area contributed by atoms with E-state index >= 15 is 0 Å². The van der Waals surface area contributed by atoms with Crippen molar-refractivity contribution in [3.8, 4) is 10.6 Å². The quantitative estimate of drug-likeness (QED) is 0.406. The first-order chi connectivity index (χ1) is 15.4. The van der Waals surface area contributed by atoms with Crippen LogP contribution in [0.1, 0.15) is 42.2 Å². The van der Waals surface area contributed by atoms with Crippen LogP contribution >= 0.6 is 22.7 Å². The molecule has 6 nitrogen and oxygen atoms in total. The smallest absolute Gasteiger partial charge is 0.266 e. The molecule has 4 aromatic rings. The summed E-state index contributed by atoms with van der Waals surface area (Å²) in [5.41, 5.74) is 3.95. The van der Waals surface area contributed by atoms with Gasteiger partial charge in [0.25, 0.3) is 17.7 Å². The lowest BCUT2D eigenvalue weighted by Gasteiger charge is -2.17. The molecule has 2 aromatic carbocycles. The number of aryl methyl sites for hydroxylation is 2. The van der Waals surface area contributed by atoms with Crippen molar-refractivity contribution >= 4 is 51.2 Å². The Morgan fingerprint density at radius 2 is 1.78 bits per heavy atom. The molecule has 0 bridgehead atoms. The first kappa shape index (κ1) is 20.3. The summed E-state index contributed by atoms with van der Waals surface area (Å²) in [6, 6.07) is 14.1. The number of hydrogen-bond donors (Lipinski definition) is 1. The molecule has 1 aliphatic heterocycles. The van der Waals surface area contributed by atoms with Crippen LogP contribution < -0.4 is 10.2 Å². The van der Waals surface area contributed by atoms with E-state index in [4.69, 9.17) is 0 Å². The molecule has 5 rings (SSSR count).